The van der Waals surface area contributed by atoms with E-state index in [1.807, 2.05) is 25.1 Å². The van der Waals surface area contributed by atoms with E-state index in [4.69, 9.17) is 5.84 Å². The van der Waals surface area contributed by atoms with Gasteiger partial charge in [0.15, 0.2) is 0 Å². The Kier molecular flexibility index (Phi) is 2.98. The Labute approximate surface area is 95.2 Å². The number of anilines is 2. The monoisotopic (exact) mass is 222 g/mol. The van der Waals surface area contributed by atoms with Crippen LogP contribution < -0.4 is 16.2 Å². The Balaban J connectivity index is 2.16. The van der Waals surface area contributed by atoms with Gasteiger partial charge in [-0.25, -0.2) is 10.8 Å². The molecule has 0 radical (unpaired) electrons. The molecule has 0 aromatic carbocycles. The molecule has 0 aliphatic carbocycles. The van der Waals surface area contributed by atoms with Crippen molar-refractivity contribution in [3.63, 3.8) is 0 Å². The van der Waals surface area contributed by atoms with Crippen molar-refractivity contribution in [1.29, 1.82) is 0 Å². The Morgan fingerprint density at radius 2 is 2.38 bits per heavy atom. The van der Waals surface area contributed by atoms with Crippen molar-refractivity contribution in [2.75, 3.05) is 23.4 Å². The first-order valence-electron chi connectivity index (χ1n) is 5.52. The summed E-state index contributed by atoms with van der Waals surface area (Å²) in [6, 6.07) is 5.65. The first-order valence-corrected chi connectivity index (χ1v) is 5.52. The molecule has 0 spiro atoms. The molecular weight excluding hydrogens is 204 g/mol. The number of aromatic nitrogens is 1. The van der Waals surface area contributed by atoms with Crippen molar-refractivity contribution in [3.8, 4) is 0 Å². The second-order valence-electron chi connectivity index (χ2n) is 4.55. The average Bonchev–Trinajstić information content (AvgIpc) is 2.28. The maximum atomic E-state index is 10.0. The summed E-state index contributed by atoms with van der Waals surface area (Å²) in [6.45, 7) is 3.41. The summed E-state index contributed by atoms with van der Waals surface area (Å²) in [6.07, 6.45) is 1.83. The number of hydrazine groups is 1. The number of rotatable bonds is 2. The van der Waals surface area contributed by atoms with Crippen LogP contribution in [0.3, 0.4) is 0 Å². The fourth-order valence-corrected chi connectivity index (χ4v) is 2.10. The molecule has 1 aromatic rings. The maximum absolute atomic E-state index is 10.0. The van der Waals surface area contributed by atoms with Crippen LogP contribution in [0.1, 0.15) is 19.8 Å². The van der Waals surface area contributed by atoms with E-state index in [1.165, 1.54) is 0 Å². The zero-order valence-corrected chi connectivity index (χ0v) is 9.48. The molecule has 2 heterocycles. The molecule has 16 heavy (non-hydrogen) atoms. The number of hydrogen-bond donors (Lipinski definition) is 3. The van der Waals surface area contributed by atoms with E-state index in [-0.39, 0.29) is 0 Å². The highest BCUT2D eigenvalue weighted by molar-refractivity contribution is 5.47. The zero-order valence-electron chi connectivity index (χ0n) is 9.48. The normalized spacial score (nSPS) is 25.6. The molecule has 0 saturated carbocycles. The van der Waals surface area contributed by atoms with E-state index in [0.29, 0.717) is 12.4 Å². The number of nitrogens with zero attached hydrogens (tertiary/aromatic N) is 2. The van der Waals surface area contributed by atoms with Crippen LogP contribution in [0, 0.1) is 0 Å². The van der Waals surface area contributed by atoms with Crippen LogP contribution in [0.2, 0.25) is 0 Å². The van der Waals surface area contributed by atoms with Crippen LogP contribution in [0.15, 0.2) is 18.2 Å². The summed E-state index contributed by atoms with van der Waals surface area (Å²) in [4.78, 5) is 6.45. The van der Waals surface area contributed by atoms with Crippen LogP contribution >= 0.6 is 0 Å². The zero-order chi connectivity index (χ0) is 11.6. The fourth-order valence-electron chi connectivity index (χ4n) is 2.10. The van der Waals surface area contributed by atoms with Crippen molar-refractivity contribution in [2.24, 2.45) is 5.84 Å². The molecule has 1 aliphatic heterocycles. The van der Waals surface area contributed by atoms with Crippen molar-refractivity contribution < 1.29 is 5.11 Å². The maximum Gasteiger partial charge on any atom is 0.142 e. The number of pyridine rings is 1. The molecule has 5 nitrogen and oxygen atoms in total. The molecule has 1 aliphatic rings. The topological polar surface area (TPSA) is 74.4 Å². The molecule has 88 valence electrons. The van der Waals surface area contributed by atoms with Crippen molar-refractivity contribution >= 4 is 11.6 Å². The van der Waals surface area contributed by atoms with Gasteiger partial charge in [-0.15, -0.1) is 0 Å². The smallest absolute Gasteiger partial charge is 0.142 e. The number of nitrogens with two attached hydrogens (primary N) is 1. The van der Waals surface area contributed by atoms with Gasteiger partial charge in [0.1, 0.15) is 11.6 Å². The van der Waals surface area contributed by atoms with E-state index in [2.05, 4.69) is 15.3 Å². The summed E-state index contributed by atoms with van der Waals surface area (Å²) in [7, 11) is 0. The molecule has 5 heteroatoms. The van der Waals surface area contributed by atoms with Crippen molar-refractivity contribution in [2.45, 2.75) is 25.4 Å². The Morgan fingerprint density at radius 1 is 1.56 bits per heavy atom. The third kappa shape index (κ3) is 2.43. The Hall–Kier alpha value is -1.33. The van der Waals surface area contributed by atoms with Crippen LogP contribution in [0.5, 0.6) is 0 Å². The number of piperidine rings is 1. The second kappa shape index (κ2) is 4.27. The minimum Gasteiger partial charge on any atom is -0.388 e. The van der Waals surface area contributed by atoms with E-state index in [9.17, 15) is 5.11 Å². The quantitative estimate of drug-likeness (QED) is 0.508. The summed E-state index contributed by atoms with van der Waals surface area (Å²) < 4.78 is 0. The molecular formula is C11H18N4O. The predicted molar refractivity (Wildman–Crippen MR) is 64.1 cm³/mol. The molecule has 1 saturated heterocycles. The lowest BCUT2D eigenvalue weighted by molar-refractivity contribution is 0.0447. The van der Waals surface area contributed by atoms with Crippen LogP contribution in [-0.4, -0.2) is 28.8 Å². The number of aliphatic hydroxyl groups is 1. The number of nitrogens with one attached hydrogen (secondary N) is 1. The first kappa shape index (κ1) is 11.2. The van der Waals surface area contributed by atoms with E-state index >= 15 is 0 Å². The van der Waals surface area contributed by atoms with E-state index in [0.717, 1.165) is 25.2 Å². The molecule has 1 atom stereocenters. The lowest BCUT2D eigenvalue weighted by atomic mass is 9.95. The molecule has 1 aromatic heterocycles. The Bertz CT molecular complexity index is 367. The largest absolute Gasteiger partial charge is 0.388 e. The number of nitrogen functional groups attached to an aromatic ring is 1. The minimum absolute atomic E-state index is 0.619. The van der Waals surface area contributed by atoms with Gasteiger partial charge in [-0.2, -0.15) is 0 Å². The minimum atomic E-state index is -0.619. The number of hydrogen-bond acceptors (Lipinski definition) is 5. The Morgan fingerprint density at radius 3 is 3.06 bits per heavy atom. The summed E-state index contributed by atoms with van der Waals surface area (Å²) in [5.74, 6) is 6.82. The van der Waals surface area contributed by atoms with Gasteiger partial charge in [0.25, 0.3) is 0 Å². The summed E-state index contributed by atoms with van der Waals surface area (Å²) in [5, 5.41) is 10.0. The molecule has 0 bridgehead atoms. The van der Waals surface area contributed by atoms with Gasteiger partial charge in [0.2, 0.25) is 0 Å². The van der Waals surface area contributed by atoms with Gasteiger partial charge in [0, 0.05) is 13.1 Å². The first-order chi connectivity index (χ1) is 7.61. The van der Waals surface area contributed by atoms with Crippen molar-refractivity contribution in [1.82, 2.24) is 4.98 Å². The third-order valence-electron chi connectivity index (χ3n) is 2.88. The van der Waals surface area contributed by atoms with Gasteiger partial charge < -0.3 is 15.4 Å². The van der Waals surface area contributed by atoms with E-state index in [1.54, 1.807) is 0 Å². The fraction of sp³-hybridized carbons (Fsp3) is 0.545. The molecule has 0 amide bonds. The standard InChI is InChI=1S/C11H18N4O/c1-11(16)6-3-7-15(8-11)10-5-2-4-9(13-10)14-12/h2,4-5,16H,3,6-8,12H2,1H3,(H,13,14). The second-order valence-corrected chi connectivity index (χ2v) is 4.55. The number of β-amino-alcohol motifs (C(OH)–C–C–N with tert-alkyl or cyclic N) is 1. The van der Waals surface area contributed by atoms with Crippen LogP contribution in [0.25, 0.3) is 0 Å². The van der Waals surface area contributed by atoms with E-state index < -0.39 is 5.60 Å². The summed E-state index contributed by atoms with van der Waals surface area (Å²) >= 11 is 0. The van der Waals surface area contributed by atoms with Gasteiger partial charge >= 0.3 is 0 Å². The van der Waals surface area contributed by atoms with Gasteiger partial charge in [-0.1, -0.05) is 6.07 Å². The average molecular weight is 222 g/mol. The highest BCUT2D eigenvalue weighted by Gasteiger charge is 2.28. The molecule has 1 unspecified atom stereocenters. The lowest BCUT2D eigenvalue weighted by Crippen LogP contribution is -2.46. The molecule has 4 N–H and O–H groups in total. The third-order valence-corrected chi connectivity index (χ3v) is 2.88. The van der Waals surface area contributed by atoms with Gasteiger partial charge in [0.05, 0.1) is 5.60 Å². The van der Waals surface area contributed by atoms with Crippen LogP contribution in [0.4, 0.5) is 11.6 Å². The van der Waals surface area contributed by atoms with Gasteiger partial charge in [-0.05, 0) is 31.9 Å². The van der Waals surface area contributed by atoms with Crippen molar-refractivity contribution in [3.05, 3.63) is 18.2 Å². The lowest BCUT2D eigenvalue weighted by Gasteiger charge is -2.37. The highest BCUT2D eigenvalue weighted by Crippen LogP contribution is 2.24. The van der Waals surface area contributed by atoms with Crippen LogP contribution in [-0.2, 0) is 0 Å². The SMILES string of the molecule is CC1(O)CCCN(c2cccc(NN)n2)C1. The predicted octanol–water partition coefficient (Wildman–Crippen LogP) is 0.718. The molecule has 1 fully saturated rings. The van der Waals surface area contributed by atoms with Gasteiger partial charge in [-0.3, -0.25) is 0 Å². The molecule has 2 rings (SSSR count). The highest BCUT2D eigenvalue weighted by atomic mass is 16.3. The summed E-state index contributed by atoms with van der Waals surface area (Å²) in [5.41, 5.74) is 1.91.